The van der Waals surface area contributed by atoms with Crippen molar-refractivity contribution in [3.05, 3.63) is 146 Å². The predicted octanol–water partition coefficient (Wildman–Crippen LogP) is 13.5. The van der Waals surface area contributed by atoms with Gasteiger partial charge in [-0.25, -0.2) is 0 Å². The number of fused-ring (bicyclic) bond motifs is 11. The fraction of sp³-hybridized carbons (Fsp3) is 0. The lowest BCUT2D eigenvalue weighted by molar-refractivity contribution is 0.664. The van der Waals surface area contributed by atoms with Crippen molar-refractivity contribution in [2.75, 3.05) is 0 Å². The average Bonchev–Trinajstić information content (AvgIpc) is 3.79. The Balaban J connectivity index is 1.18. The van der Waals surface area contributed by atoms with Crippen LogP contribution in [0.15, 0.2) is 154 Å². The van der Waals surface area contributed by atoms with Gasteiger partial charge in [-0.05, 0) is 86.3 Å². The SMILES string of the molecule is c1ccc2c(c1)oc1cc3c(cc12)oc1ccc(-c2c4ccccc4c(-c4ccc5c(c4)sc4ccccc45)c4ccccc24)cc13. The monoisotopic (exact) mass is 616 g/mol. The predicted molar refractivity (Wildman–Crippen MR) is 200 cm³/mol. The first-order valence-electron chi connectivity index (χ1n) is 15.9. The van der Waals surface area contributed by atoms with E-state index in [4.69, 9.17) is 8.83 Å². The van der Waals surface area contributed by atoms with Crippen LogP contribution in [0.3, 0.4) is 0 Å². The number of rotatable bonds is 2. The van der Waals surface area contributed by atoms with Gasteiger partial charge in [-0.3, -0.25) is 0 Å². The molecular formula is C44H24O2S. The lowest BCUT2D eigenvalue weighted by Gasteiger charge is -2.18. The summed E-state index contributed by atoms with van der Waals surface area (Å²) >= 11 is 1.87. The number of benzene rings is 8. The molecule has 0 spiro atoms. The van der Waals surface area contributed by atoms with Crippen LogP contribution in [0, 0.1) is 0 Å². The molecule has 8 aromatic carbocycles. The van der Waals surface area contributed by atoms with Crippen LogP contribution in [-0.2, 0) is 0 Å². The molecule has 2 nitrogen and oxygen atoms in total. The first-order chi connectivity index (χ1) is 23.3. The lowest BCUT2D eigenvalue weighted by Crippen LogP contribution is -1.90. The molecule has 0 fully saturated rings. The molecule has 0 atom stereocenters. The fourth-order valence-electron chi connectivity index (χ4n) is 7.78. The van der Waals surface area contributed by atoms with Gasteiger partial charge in [0.1, 0.15) is 22.3 Å². The van der Waals surface area contributed by atoms with Crippen molar-refractivity contribution in [3.63, 3.8) is 0 Å². The summed E-state index contributed by atoms with van der Waals surface area (Å²) in [5, 5.41) is 12.0. The molecule has 0 aliphatic rings. The van der Waals surface area contributed by atoms with Crippen molar-refractivity contribution in [1.29, 1.82) is 0 Å². The highest BCUT2D eigenvalue weighted by Crippen LogP contribution is 2.46. The second-order valence-electron chi connectivity index (χ2n) is 12.4. The van der Waals surface area contributed by atoms with Crippen LogP contribution in [0.2, 0.25) is 0 Å². The van der Waals surface area contributed by atoms with E-state index in [0.29, 0.717) is 0 Å². The van der Waals surface area contributed by atoms with E-state index >= 15 is 0 Å². The third-order valence-corrected chi connectivity index (χ3v) is 11.0. The molecule has 11 aromatic rings. The number of para-hydroxylation sites is 1. The molecule has 0 unspecified atom stereocenters. The Morgan fingerprint density at radius 1 is 0.298 bits per heavy atom. The zero-order chi connectivity index (χ0) is 30.6. The Hall–Kier alpha value is -5.90. The normalized spacial score (nSPS) is 12.3. The minimum absolute atomic E-state index is 0.873. The molecule has 0 radical (unpaired) electrons. The number of hydrogen-bond donors (Lipinski definition) is 0. The summed E-state index contributed by atoms with van der Waals surface area (Å²) in [5.74, 6) is 0. The van der Waals surface area contributed by atoms with Crippen molar-refractivity contribution in [1.82, 2.24) is 0 Å². The lowest BCUT2D eigenvalue weighted by atomic mass is 9.85. The summed E-state index contributed by atoms with van der Waals surface area (Å²) in [4.78, 5) is 0. The minimum atomic E-state index is 0.873. The summed E-state index contributed by atoms with van der Waals surface area (Å²) in [5.41, 5.74) is 8.45. The molecule has 3 aromatic heterocycles. The number of thiophene rings is 1. The molecule has 0 saturated carbocycles. The zero-order valence-electron chi connectivity index (χ0n) is 25.1. The van der Waals surface area contributed by atoms with Crippen LogP contribution in [-0.4, -0.2) is 0 Å². The van der Waals surface area contributed by atoms with E-state index in [1.807, 2.05) is 23.5 Å². The van der Waals surface area contributed by atoms with E-state index in [2.05, 4.69) is 133 Å². The van der Waals surface area contributed by atoms with Gasteiger partial charge in [0.15, 0.2) is 0 Å². The van der Waals surface area contributed by atoms with Crippen LogP contribution >= 0.6 is 11.3 Å². The van der Waals surface area contributed by atoms with Crippen molar-refractivity contribution in [2.24, 2.45) is 0 Å². The van der Waals surface area contributed by atoms with E-state index in [-0.39, 0.29) is 0 Å². The molecule has 0 aliphatic heterocycles. The van der Waals surface area contributed by atoms with Crippen LogP contribution in [0.25, 0.3) is 108 Å². The standard InChI is InChI=1S/C44H24O2S/c1-3-13-32-30(11-1)43(25-18-20-38-34(21-25)36-24-39-35(23-40(36)46-38)27-9-5-7-15-37(27)45-39)31-12-2-4-14-33(31)44(32)26-17-19-29-28-10-6-8-16-41(28)47-42(29)22-26/h1-24H. The van der Waals surface area contributed by atoms with Gasteiger partial charge in [0.25, 0.3) is 0 Å². The first kappa shape index (κ1) is 25.3. The average molecular weight is 617 g/mol. The molecule has 0 saturated heterocycles. The molecular weight excluding hydrogens is 593 g/mol. The van der Waals surface area contributed by atoms with Gasteiger partial charge in [-0.2, -0.15) is 0 Å². The smallest absolute Gasteiger partial charge is 0.136 e. The Morgan fingerprint density at radius 3 is 1.45 bits per heavy atom. The molecule has 0 amide bonds. The van der Waals surface area contributed by atoms with E-state index in [0.717, 1.165) is 43.9 Å². The van der Waals surface area contributed by atoms with Crippen LogP contribution < -0.4 is 0 Å². The Bertz CT molecular complexity index is 3020. The second-order valence-corrected chi connectivity index (χ2v) is 13.5. The summed E-state index contributed by atoms with van der Waals surface area (Å²) < 4.78 is 15.3. The maximum Gasteiger partial charge on any atom is 0.136 e. The maximum atomic E-state index is 6.44. The highest BCUT2D eigenvalue weighted by molar-refractivity contribution is 7.25. The Kier molecular flexibility index (Phi) is 5.02. The van der Waals surface area contributed by atoms with Crippen molar-refractivity contribution < 1.29 is 8.83 Å². The molecule has 11 rings (SSSR count). The maximum absolute atomic E-state index is 6.44. The number of furan rings is 2. The molecule has 0 bridgehead atoms. The zero-order valence-corrected chi connectivity index (χ0v) is 25.9. The van der Waals surface area contributed by atoms with Gasteiger partial charge in [-0.1, -0.05) is 103 Å². The van der Waals surface area contributed by atoms with E-state index in [1.165, 1.54) is 64.0 Å². The van der Waals surface area contributed by atoms with Gasteiger partial charge in [0.05, 0.1) is 0 Å². The van der Waals surface area contributed by atoms with Crippen LogP contribution in [0.4, 0.5) is 0 Å². The minimum Gasteiger partial charge on any atom is -0.456 e. The summed E-state index contributed by atoms with van der Waals surface area (Å²) in [7, 11) is 0. The third kappa shape index (κ3) is 3.55. The molecule has 47 heavy (non-hydrogen) atoms. The first-order valence-corrected chi connectivity index (χ1v) is 16.7. The van der Waals surface area contributed by atoms with Crippen LogP contribution in [0.5, 0.6) is 0 Å². The summed E-state index contributed by atoms with van der Waals surface area (Å²) in [6, 6.07) is 52.5. The Labute approximate surface area is 272 Å². The Morgan fingerprint density at radius 2 is 0.766 bits per heavy atom. The summed E-state index contributed by atoms with van der Waals surface area (Å²) in [6.45, 7) is 0. The van der Waals surface area contributed by atoms with Gasteiger partial charge in [0.2, 0.25) is 0 Å². The largest absolute Gasteiger partial charge is 0.456 e. The molecule has 3 heterocycles. The molecule has 218 valence electrons. The van der Waals surface area contributed by atoms with Gasteiger partial charge < -0.3 is 8.83 Å². The second kappa shape index (κ2) is 9.32. The number of hydrogen-bond acceptors (Lipinski definition) is 3. The van der Waals surface area contributed by atoms with Gasteiger partial charge >= 0.3 is 0 Å². The molecule has 0 N–H and O–H groups in total. The van der Waals surface area contributed by atoms with Gasteiger partial charge in [-0.15, -0.1) is 11.3 Å². The van der Waals surface area contributed by atoms with E-state index in [1.54, 1.807) is 0 Å². The quantitative estimate of drug-likeness (QED) is 0.181. The van der Waals surface area contributed by atoms with E-state index < -0.39 is 0 Å². The third-order valence-electron chi connectivity index (χ3n) is 9.86. The van der Waals surface area contributed by atoms with Crippen molar-refractivity contribution in [2.45, 2.75) is 0 Å². The van der Waals surface area contributed by atoms with Crippen molar-refractivity contribution >= 4 is 96.9 Å². The molecule has 3 heteroatoms. The fourth-order valence-corrected chi connectivity index (χ4v) is 8.93. The van der Waals surface area contributed by atoms with Crippen LogP contribution in [0.1, 0.15) is 0 Å². The molecule has 0 aliphatic carbocycles. The van der Waals surface area contributed by atoms with Gasteiger partial charge in [0, 0.05) is 41.7 Å². The highest BCUT2D eigenvalue weighted by atomic mass is 32.1. The summed E-state index contributed by atoms with van der Waals surface area (Å²) in [6.07, 6.45) is 0. The van der Waals surface area contributed by atoms with E-state index in [9.17, 15) is 0 Å². The van der Waals surface area contributed by atoms with Crippen molar-refractivity contribution in [3.8, 4) is 22.3 Å². The highest BCUT2D eigenvalue weighted by Gasteiger charge is 2.19. The topological polar surface area (TPSA) is 26.3 Å².